The first kappa shape index (κ1) is 19.6. The Hall–Kier alpha value is -1.73. The molecule has 28 heavy (non-hydrogen) atoms. The van der Waals surface area contributed by atoms with Gasteiger partial charge in [-0.1, -0.05) is 55.5 Å². The molecule has 1 saturated carbocycles. The zero-order valence-corrected chi connectivity index (χ0v) is 16.8. The number of aliphatic hydroxyl groups is 2. The van der Waals surface area contributed by atoms with E-state index in [0.29, 0.717) is 25.7 Å². The third-order valence-electron chi connectivity index (χ3n) is 6.53. The number of hydrogen-bond acceptors (Lipinski definition) is 4. The lowest BCUT2D eigenvalue weighted by Gasteiger charge is -2.37. The molecule has 2 fully saturated rings. The summed E-state index contributed by atoms with van der Waals surface area (Å²) in [5.41, 5.74) is 0.205. The number of hydrogen-bond donors (Lipinski definition) is 2. The van der Waals surface area contributed by atoms with Crippen molar-refractivity contribution >= 4 is 10.0 Å². The smallest absolute Gasteiger partial charge is 0.243 e. The van der Waals surface area contributed by atoms with Crippen molar-refractivity contribution in [1.29, 1.82) is 0 Å². The molecule has 5 atom stereocenters. The molecule has 1 heterocycles. The molecule has 0 aromatic heterocycles. The van der Waals surface area contributed by atoms with E-state index in [1.807, 2.05) is 37.3 Å². The highest BCUT2D eigenvalue weighted by molar-refractivity contribution is 7.89. The molecular weight excluding hydrogens is 374 g/mol. The second kappa shape index (κ2) is 7.26. The van der Waals surface area contributed by atoms with Crippen LogP contribution in [0.3, 0.4) is 0 Å². The predicted molar refractivity (Wildman–Crippen MR) is 107 cm³/mol. The molecule has 2 N–H and O–H groups in total. The van der Waals surface area contributed by atoms with Crippen molar-refractivity contribution in [3.63, 3.8) is 0 Å². The number of fused-ring (bicyclic) bond motifs is 1. The second-order valence-electron chi connectivity index (χ2n) is 8.24. The predicted octanol–water partition coefficient (Wildman–Crippen LogP) is 3.10. The van der Waals surface area contributed by atoms with Crippen LogP contribution in [0.5, 0.6) is 0 Å². The zero-order valence-electron chi connectivity index (χ0n) is 16.0. The molecular formula is C22H27NO4S. The van der Waals surface area contributed by atoms with Gasteiger partial charge in [-0.3, -0.25) is 0 Å². The molecule has 1 aliphatic carbocycles. The molecule has 2 aromatic rings. The third-order valence-corrected chi connectivity index (χ3v) is 8.46. The monoisotopic (exact) mass is 401 g/mol. The van der Waals surface area contributed by atoms with Crippen molar-refractivity contribution in [3.05, 3.63) is 66.2 Å². The number of benzene rings is 2. The summed E-state index contributed by atoms with van der Waals surface area (Å²) < 4.78 is 29.0. The van der Waals surface area contributed by atoms with Gasteiger partial charge < -0.3 is 10.2 Å². The summed E-state index contributed by atoms with van der Waals surface area (Å²) >= 11 is 0. The van der Waals surface area contributed by atoms with Crippen molar-refractivity contribution in [2.75, 3.05) is 0 Å². The molecule has 1 aliphatic heterocycles. The van der Waals surface area contributed by atoms with E-state index in [2.05, 4.69) is 0 Å². The Bertz CT molecular complexity index is 918. The van der Waals surface area contributed by atoms with Gasteiger partial charge in [-0.15, -0.1) is 0 Å². The lowest BCUT2D eigenvalue weighted by Crippen LogP contribution is -2.48. The normalized spacial score (nSPS) is 34.0. The molecule has 0 spiro atoms. The van der Waals surface area contributed by atoms with Crippen LogP contribution in [0, 0.1) is 5.41 Å². The van der Waals surface area contributed by atoms with Crippen LogP contribution < -0.4 is 0 Å². The Morgan fingerprint density at radius 3 is 2.21 bits per heavy atom. The first-order valence-electron chi connectivity index (χ1n) is 9.85. The van der Waals surface area contributed by atoms with Crippen LogP contribution in [0.15, 0.2) is 65.6 Å². The highest BCUT2D eigenvalue weighted by atomic mass is 32.2. The summed E-state index contributed by atoms with van der Waals surface area (Å²) in [6.45, 7) is 1.92. The van der Waals surface area contributed by atoms with Crippen molar-refractivity contribution in [3.8, 4) is 0 Å². The molecule has 4 rings (SSSR count). The van der Waals surface area contributed by atoms with Crippen LogP contribution in [0.2, 0.25) is 0 Å². The van der Waals surface area contributed by atoms with Gasteiger partial charge in [0.05, 0.1) is 23.1 Å². The van der Waals surface area contributed by atoms with Crippen molar-refractivity contribution in [2.45, 2.75) is 61.8 Å². The quantitative estimate of drug-likeness (QED) is 0.828. The number of nitrogens with zero attached hydrogens (tertiary/aromatic N) is 1. The first-order valence-corrected chi connectivity index (χ1v) is 11.3. The molecule has 1 saturated heterocycles. The van der Waals surface area contributed by atoms with Crippen LogP contribution >= 0.6 is 0 Å². The molecule has 6 heteroatoms. The highest BCUT2D eigenvalue weighted by Gasteiger charge is 2.59. The number of sulfonamides is 1. The fourth-order valence-electron chi connectivity index (χ4n) is 5.03. The first-order chi connectivity index (χ1) is 13.4. The lowest BCUT2D eigenvalue weighted by atomic mass is 9.74. The molecule has 5 nitrogen and oxygen atoms in total. The lowest BCUT2D eigenvalue weighted by molar-refractivity contribution is -0.0594. The Kier molecular flexibility index (Phi) is 5.08. The minimum absolute atomic E-state index is 0.263. The highest BCUT2D eigenvalue weighted by Crippen LogP contribution is 2.55. The summed E-state index contributed by atoms with van der Waals surface area (Å²) in [6, 6.07) is 17.4. The Morgan fingerprint density at radius 1 is 0.964 bits per heavy atom. The summed E-state index contributed by atoms with van der Waals surface area (Å²) in [6.07, 6.45) is 0.489. The Morgan fingerprint density at radius 2 is 1.57 bits per heavy atom. The molecule has 0 amide bonds. The van der Waals surface area contributed by atoms with E-state index in [1.165, 1.54) is 0 Å². The van der Waals surface area contributed by atoms with Crippen molar-refractivity contribution in [2.24, 2.45) is 5.41 Å². The summed E-state index contributed by atoms with van der Waals surface area (Å²) in [7, 11) is -3.76. The van der Waals surface area contributed by atoms with E-state index in [0.717, 1.165) is 5.56 Å². The van der Waals surface area contributed by atoms with E-state index in [-0.39, 0.29) is 17.0 Å². The van der Waals surface area contributed by atoms with Gasteiger partial charge in [0.25, 0.3) is 0 Å². The molecule has 150 valence electrons. The van der Waals surface area contributed by atoms with Gasteiger partial charge in [0.15, 0.2) is 0 Å². The average Bonchev–Trinajstić information content (AvgIpc) is 2.98. The maximum absolute atomic E-state index is 13.7. The van der Waals surface area contributed by atoms with E-state index >= 15 is 0 Å². The molecule has 0 bridgehead atoms. The molecule has 2 aromatic carbocycles. The minimum atomic E-state index is -3.76. The van der Waals surface area contributed by atoms with Gasteiger partial charge in [0.2, 0.25) is 10.0 Å². The summed E-state index contributed by atoms with van der Waals surface area (Å²) in [5.74, 6) is 0. The van der Waals surface area contributed by atoms with Crippen LogP contribution in [-0.2, 0) is 10.0 Å². The zero-order chi connectivity index (χ0) is 19.9. The van der Waals surface area contributed by atoms with Gasteiger partial charge in [-0.2, -0.15) is 4.31 Å². The summed E-state index contributed by atoms with van der Waals surface area (Å²) in [4.78, 5) is 0.263. The fraction of sp³-hybridized carbons (Fsp3) is 0.455. The molecule has 2 aliphatic rings. The SMILES string of the molecule is C[C@@]12C[C@H](c3ccccc3)N(S(=O)(=O)c3ccccc3)[C@@H]1CCC[C@@H](O)[C@@H]2O. The van der Waals surface area contributed by atoms with Crippen LogP contribution in [0.25, 0.3) is 0 Å². The van der Waals surface area contributed by atoms with Gasteiger partial charge in [0.1, 0.15) is 0 Å². The molecule has 0 unspecified atom stereocenters. The third kappa shape index (κ3) is 3.08. The largest absolute Gasteiger partial charge is 0.390 e. The fourth-order valence-corrected chi connectivity index (χ4v) is 6.99. The van der Waals surface area contributed by atoms with Crippen LogP contribution in [0.1, 0.15) is 44.2 Å². The van der Waals surface area contributed by atoms with Crippen molar-refractivity contribution < 1.29 is 18.6 Å². The number of rotatable bonds is 3. The summed E-state index contributed by atoms with van der Waals surface area (Å²) in [5, 5.41) is 21.3. The van der Waals surface area contributed by atoms with Crippen LogP contribution in [0.4, 0.5) is 0 Å². The van der Waals surface area contributed by atoms with E-state index in [1.54, 1.807) is 34.6 Å². The maximum Gasteiger partial charge on any atom is 0.243 e. The van der Waals surface area contributed by atoms with E-state index < -0.39 is 27.6 Å². The Labute approximate surface area is 166 Å². The maximum atomic E-state index is 13.7. The topological polar surface area (TPSA) is 77.8 Å². The Balaban J connectivity index is 1.86. The van der Waals surface area contributed by atoms with Gasteiger partial charge in [-0.25, -0.2) is 8.42 Å². The minimum Gasteiger partial charge on any atom is -0.390 e. The van der Waals surface area contributed by atoms with Gasteiger partial charge >= 0.3 is 0 Å². The van der Waals surface area contributed by atoms with E-state index in [9.17, 15) is 18.6 Å². The average molecular weight is 402 g/mol. The standard InChI is InChI=1S/C22H27NO4S/c1-22-15-18(16-9-4-2-5-10-16)23(20(22)14-8-13-19(24)21(22)25)28(26,27)17-11-6-3-7-12-17/h2-7,9-12,18-21,24-25H,8,13-15H2,1H3/t18-,19-,20-,21+,22-/m1/s1. The second-order valence-corrected chi connectivity index (χ2v) is 10.1. The van der Waals surface area contributed by atoms with E-state index in [4.69, 9.17) is 0 Å². The molecule has 0 radical (unpaired) electrons. The van der Waals surface area contributed by atoms with Gasteiger partial charge in [0, 0.05) is 11.5 Å². The number of aliphatic hydroxyl groups excluding tert-OH is 2. The van der Waals surface area contributed by atoms with Gasteiger partial charge in [-0.05, 0) is 43.4 Å². The van der Waals surface area contributed by atoms with Crippen LogP contribution in [-0.4, -0.2) is 41.2 Å². The van der Waals surface area contributed by atoms with Crippen molar-refractivity contribution in [1.82, 2.24) is 4.31 Å².